The van der Waals surface area contributed by atoms with Crippen molar-refractivity contribution in [3.8, 4) is 5.75 Å². The summed E-state index contributed by atoms with van der Waals surface area (Å²) in [5.41, 5.74) is 6.28. The minimum Gasteiger partial charge on any atom is -0.507 e. The number of phenols is 1. The van der Waals surface area contributed by atoms with E-state index in [0.29, 0.717) is 22.5 Å². The number of carbonyl (C=O) groups excluding carboxylic acids is 1. The second-order valence-electron chi connectivity index (χ2n) is 9.56. The average Bonchev–Trinajstić information content (AvgIpc) is 3.29. The molecule has 0 radical (unpaired) electrons. The van der Waals surface area contributed by atoms with Crippen molar-refractivity contribution in [3.63, 3.8) is 0 Å². The Bertz CT molecular complexity index is 1580. The summed E-state index contributed by atoms with van der Waals surface area (Å²) < 4.78 is 0. The molecule has 192 valence electrons. The zero-order valence-corrected chi connectivity index (χ0v) is 21.9. The predicted octanol–water partition coefficient (Wildman–Crippen LogP) is 7.57. The number of benzene rings is 3. The van der Waals surface area contributed by atoms with E-state index in [9.17, 15) is 9.90 Å². The second kappa shape index (κ2) is 11.6. The van der Waals surface area contributed by atoms with E-state index in [1.165, 1.54) is 5.01 Å². The van der Waals surface area contributed by atoms with E-state index in [1.54, 1.807) is 18.3 Å². The Morgan fingerprint density at radius 1 is 0.769 bits per heavy atom. The molecular formula is C34H29N3O2. The van der Waals surface area contributed by atoms with Crippen LogP contribution in [0.1, 0.15) is 41.8 Å². The number of hydrogen-bond acceptors (Lipinski definition) is 4. The normalized spacial score (nSPS) is 14.7. The van der Waals surface area contributed by atoms with Gasteiger partial charge in [0.05, 0.1) is 22.7 Å². The molecule has 0 fully saturated rings. The van der Waals surface area contributed by atoms with Crippen LogP contribution in [0.15, 0.2) is 108 Å². The van der Waals surface area contributed by atoms with Gasteiger partial charge >= 0.3 is 0 Å². The van der Waals surface area contributed by atoms with Gasteiger partial charge in [-0.05, 0) is 71.2 Å². The van der Waals surface area contributed by atoms with Crippen LogP contribution in [0.5, 0.6) is 5.75 Å². The van der Waals surface area contributed by atoms with Crippen molar-refractivity contribution in [2.75, 3.05) is 5.01 Å². The van der Waals surface area contributed by atoms with Gasteiger partial charge in [0.1, 0.15) is 5.75 Å². The lowest BCUT2D eigenvalue weighted by atomic mass is 9.97. The first-order chi connectivity index (χ1) is 19.0. The molecule has 1 N–H and O–H groups in total. The maximum atomic E-state index is 13.6. The molecule has 3 aromatic carbocycles. The molecule has 1 aliphatic rings. The van der Waals surface area contributed by atoms with Crippen molar-refractivity contribution in [3.05, 3.63) is 131 Å². The number of rotatable bonds is 7. The summed E-state index contributed by atoms with van der Waals surface area (Å²) in [6, 6.07) is 28.8. The van der Waals surface area contributed by atoms with Crippen LogP contribution in [0.3, 0.4) is 0 Å². The van der Waals surface area contributed by atoms with Gasteiger partial charge in [0.15, 0.2) is 0 Å². The molecule has 0 bridgehead atoms. The molecule has 0 atom stereocenters. The van der Waals surface area contributed by atoms with Gasteiger partial charge in [-0.2, -0.15) is 10.1 Å². The molecular weight excluding hydrogens is 482 g/mol. The molecule has 1 aliphatic heterocycles. The summed E-state index contributed by atoms with van der Waals surface area (Å²) in [6.45, 7) is 4.02. The molecule has 2 heterocycles. The highest BCUT2D eigenvalue weighted by Crippen LogP contribution is 2.30. The summed E-state index contributed by atoms with van der Waals surface area (Å²) in [6.07, 6.45) is 11.4. The standard InChI is InChI=1S/C34H29N3O2/c1-24(2)33-31(23-28-22-27(16-20-32(28)38)12-11-25-8-4-3-5-9-25)34(39)37(36-33)30-18-14-26(15-19-30)13-17-29-10-6-7-21-35-29/h3-24,38H,1-2H3/b12-11+,17-13+,31-23+. The van der Waals surface area contributed by atoms with Gasteiger partial charge in [-0.3, -0.25) is 9.78 Å². The van der Waals surface area contributed by atoms with Crippen molar-refractivity contribution >= 4 is 47.7 Å². The van der Waals surface area contributed by atoms with Crippen molar-refractivity contribution in [1.29, 1.82) is 0 Å². The van der Waals surface area contributed by atoms with Crippen LogP contribution in [0.4, 0.5) is 5.69 Å². The third-order valence-electron chi connectivity index (χ3n) is 6.34. The summed E-state index contributed by atoms with van der Waals surface area (Å²) in [5, 5.41) is 16.7. The number of nitrogens with zero attached hydrogens (tertiary/aromatic N) is 3. The Labute approximate surface area is 228 Å². The highest BCUT2D eigenvalue weighted by Gasteiger charge is 2.32. The Morgan fingerprint density at radius 3 is 2.15 bits per heavy atom. The molecule has 1 aromatic heterocycles. The van der Waals surface area contributed by atoms with E-state index in [4.69, 9.17) is 0 Å². The van der Waals surface area contributed by atoms with E-state index in [1.807, 2.05) is 123 Å². The zero-order chi connectivity index (χ0) is 27.2. The van der Waals surface area contributed by atoms with Gasteiger partial charge < -0.3 is 5.11 Å². The van der Waals surface area contributed by atoms with Crippen LogP contribution < -0.4 is 5.01 Å². The first kappa shape index (κ1) is 25.6. The maximum Gasteiger partial charge on any atom is 0.280 e. The average molecular weight is 512 g/mol. The first-order valence-corrected chi connectivity index (χ1v) is 12.9. The number of hydrazone groups is 1. The Kier molecular flexibility index (Phi) is 7.60. The van der Waals surface area contributed by atoms with Crippen LogP contribution in [0.2, 0.25) is 0 Å². The molecule has 0 saturated carbocycles. The number of aromatic nitrogens is 1. The highest BCUT2D eigenvalue weighted by molar-refractivity contribution is 6.33. The van der Waals surface area contributed by atoms with Crippen LogP contribution >= 0.6 is 0 Å². The summed E-state index contributed by atoms with van der Waals surface area (Å²) >= 11 is 0. The second-order valence-corrected chi connectivity index (χ2v) is 9.56. The van der Waals surface area contributed by atoms with Gasteiger partial charge in [0.2, 0.25) is 0 Å². The van der Waals surface area contributed by atoms with Gasteiger partial charge in [0, 0.05) is 11.8 Å². The molecule has 5 heteroatoms. The molecule has 1 amide bonds. The largest absolute Gasteiger partial charge is 0.507 e. The number of pyridine rings is 1. The quantitative estimate of drug-likeness (QED) is 0.206. The van der Waals surface area contributed by atoms with Crippen molar-refractivity contribution < 1.29 is 9.90 Å². The van der Waals surface area contributed by atoms with Crippen LogP contribution in [-0.4, -0.2) is 21.7 Å². The van der Waals surface area contributed by atoms with Crippen molar-refractivity contribution in [2.24, 2.45) is 11.0 Å². The molecule has 0 unspecified atom stereocenters. The SMILES string of the molecule is CC(C)C1=NN(c2ccc(/C=C/c3ccccn3)cc2)C(=O)/C1=C/c1cc(/C=C/c2ccccc2)ccc1O. The number of anilines is 1. The van der Waals surface area contributed by atoms with Gasteiger partial charge in [-0.1, -0.05) is 86.7 Å². The summed E-state index contributed by atoms with van der Waals surface area (Å²) in [7, 11) is 0. The van der Waals surface area contributed by atoms with E-state index in [-0.39, 0.29) is 17.6 Å². The van der Waals surface area contributed by atoms with Crippen LogP contribution in [0, 0.1) is 5.92 Å². The number of hydrogen-bond donors (Lipinski definition) is 1. The first-order valence-electron chi connectivity index (χ1n) is 12.9. The van der Waals surface area contributed by atoms with Gasteiger partial charge in [0.25, 0.3) is 5.91 Å². The number of phenolic OH excluding ortho intramolecular Hbond substituents is 1. The Morgan fingerprint density at radius 2 is 1.44 bits per heavy atom. The molecule has 0 aliphatic carbocycles. The fourth-order valence-corrected chi connectivity index (χ4v) is 4.25. The number of aromatic hydroxyl groups is 1. The van der Waals surface area contributed by atoms with Crippen molar-refractivity contribution in [2.45, 2.75) is 13.8 Å². The molecule has 4 aromatic rings. The fraction of sp³-hybridized carbons (Fsp3) is 0.0882. The molecule has 0 saturated heterocycles. The number of carbonyl (C=O) groups is 1. The minimum absolute atomic E-state index is 0.0223. The highest BCUT2D eigenvalue weighted by atomic mass is 16.3. The van der Waals surface area contributed by atoms with E-state index in [2.05, 4.69) is 10.1 Å². The summed E-state index contributed by atoms with van der Waals surface area (Å²) in [5.74, 6) is -0.0908. The third kappa shape index (κ3) is 6.11. The fourth-order valence-electron chi connectivity index (χ4n) is 4.25. The Balaban J connectivity index is 1.40. The maximum absolute atomic E-state index is 13.6. The van der Waals surface area contributed by atoms with Gasteiger partial charge in [-0.25, -0.2) is 0 Å². The smallest absolute Gasteiger partial charge is 0.280 e. The van der Waals surface area contributed by atoms with E-state index < -0.39 is 0 Å². The van der Waals surface area contributed by atoms with Gasteiger partial charge in [-0.15, -0.1) is 0 Å². The van der Waals surface area contributed by atoms with E-state index in [0.717, 1.165) is 22.4 Å². The summed E-state index contributed by atoms with van der Waals surface area (Å²) in [4.78, 5) is 17.9. The third-order valence-corrected chi connectivity index (χ3v) is 6.34. The lowest BCUT2D eigenvalue weighted by Crippen LogP contribution is -2.21. The topological polar surface area (TPSA) is 65.8 Å². The minimum atomic E-state index is -0.222. The van der Waals surface area contributed by atoms with Crippen LogP contribution in [0.25, 0.3) is 30.4 Å². The number of amides is 1. The predicted molar refractivity (Wildman–Crippen MR) is 161 cm³/mol. The van der Waals surface area contributed by atoms with Crippen LogP contribution in [-0.2, 0) is 4.79 Å². The zero-order valence-electron chi connectivity index (χ0n) is 21.9. The van der Waals surface area contributed by atoms with Crippen molar-refractivity contribution in [1.82, 2.24) is 4.98 Å². The molecule has 5 rings (SSSR count). The molecule has 5 nitrogen and oxygen atoms in total. The monoisotopic (exact) mass is 511 g/mol. The lowest BCUT2D eigenvalue weighted by Gasteiger charge is -2.12. The molecule has 39 heavy (non-hydrogen) atoms. The Hall–Kier alpha value is -5.03. The lowest BCUT2D eigenvalue weighted by molar-refractivity contribution is -0.114. The molecule has 0 spiro atoms. The van der Waals surface area contributed by atoms with E-state index >= 15 is 0 Å².